The Labute approximate surface area is 167 Å². The molecule has 0 spiro atoms. The molecule has 1 N–H and O–H groups in total. The Kier molecular flexibility index (Phi) is 5.64. The lowest BCUT2D eigenvalue weighted by atomic mass is 9.92. The summed E-state index contributed by atoms with van der Waals surface area (Å²) < 4.78 is 52.4. The molecule has 0 fully saturated rings. The van der Waals surface area contributed by atoms with Crippen molar-refractivity contribution in [2.45, 2.75) is 10.2 Å². The SMILES string of the molecule is COP(=O)(OC)C1(NS(=O)(=O)c2ccccc2)C=C(Cl)C(=O)c2ccccc21. The Hall–Kier alpha value is -1.80. The van der Waals surface area contributed by atoms with Crippen LogP contribution in [0.4, 0.5) is 0 Å². The third-order valence-electron chi connectivity index (χ3n) is 4.39. The molecule has 148 valence electrons. The molecule has 0 aliphatic heterocycles. The van der Waals surface area contributed by atoms with E-state index in [0.717, 1.165) is 20.3 Å². The molecule has 7 nitrogen and oxygen atoms in total. The van der Waals surface area contributed by atoms with Crippen molar-refractivity contribution in [3.8, 4) is 0 Å². The summed E-state index contributed by atoms with van der Waals surface area (Å²) in [5, 5.41) is -2.34. The maximum Gasteiger partial charge on any atom is 0.359 e. The number of benzene rings is 2. The zero-order chi connectivity index (χ0) is 20.6. The number of halogens is 1. The molecule has 28 heavy (non-hydrogen) atoms. The molecule has 0 amide bonds. The van der Waals surface area contributed by atoms with Crippen LogP contribution in [0.3, 0.4) is 0 Å². The van der Waals surface area contributed by atoms with E-state index in [0.29, 0.717) is 0 Å². The van der Waals surface area contributed by atoms with E-state index >= 15 is 0 Å². The van der Waals surface area contributed by atoms with E-state index in [4.69, 9.17) is 20.6 Å². The number of ketones is 1. The number of allylic oxidation sites excluding steroid dienone is 1. The van der Waals surface area contributed by atoms with Crippen molar-refractivity contribution in [3.63, 3.8) is 0 Å². The minimum atomic E-state index is -4.20. The molecule has 0 heterocycles. The average Bonchev–Trinajstić information content (AvgIpc) is 2.71. The van der Waals surface area contributed by atoms with Gasteiger partial charge < -0.3 is 9.05 Å². The second-order valence-electron chi connectivity index (χ2n) is 5.91. The molecule has 3 rings (SSSR count). The monoisotopic (exact) mass is 441 g/mol. The van der Waals surface area contributed by atoms with Crippen LogP contribution in [0.2, 0.25) is 0 Å². The lowest BCUT2D eigenvalue weighted by Crippen LogP contribution is -2.47. The molecule has 2 aromatic carbocycles. The van der Waals surface area contributed by atoms with Gasteiger partial charge in [0, 0.05) is 25.3 Å². The molecule has 0 bridgehead atoms. The van der Waals surface area contributed by atoms with Crippen LogP contribution in [0.25, 0.3) is 0 Å². The Bertz CT molecular complexity index is 1090. The lowest BCUT2D eigenvalue weighted by molar-refractivity contribution is 0.103. The average molecular weight is 442 g/mol. The molecule has 1 atom stereocenters. The van der Waals surface area contributed by atoms with Crippen LogP contribution >= 0.6 is 19.2 Å². The van der Waals surface area contributed by atoms with Crippen LogP contribution in [0.15, 0.2) is 70.6 Å². The molecule has 0 saturated carbocycles. The highest BCUT2D eigenvalue weighted by molar-refractivity contribution is 7.90. The third kappa shape index (κ3) is 3.26. The summed E-state index contributed by atoms with van der Waals surface area (Å²) in [6.07, 6.45) is 1.08. The molecule has 1 unspecified atom stereocenters. The molecule has 0 aromatic heterocycles. The summed E-state index contributed by atoms with van der Waals surface area (Å²) in [4.78, 5) is 12.4. The zero-order valence-corrected chi connectivity index (χ0v) is 17.4. The topological polar surface area (TPSA) is 98.8 Å². The van der Waals surface area contributed by atoms with Gasteiger partial charge in [-0.3, -0.25) is 9.36 Å². The normalized spacial score (nSPS) is 19.8. The highest BCUT2D eigenvalue weighted by atomic mass is 35.5. The fraction of sp³-hybridized carbons (Fsp3) is 0.167. The van der Waals surface area contributed by atoms with Gasteiger partial charge in [0.25, 0.3) is 0 Å². The minimum Gasteiger partial charge on any atom is -0.310 e. The van der Waals surface area contributed by atoms with E-state index in [1.165, 1.54) is 24.3 Å². The summed E-state index contributed by atoms with van der Waals surface area (Å²) in [5.74, 6) is -0.523. The lowest BCUT2D eigenvalue weighted by Gasteiger charge is -2.39. The van der Waals surface area contributed by atoms with Crippen LogP contribution in [-0.4, -0.2) is 28.4 Å². The van der Waals surface area contributed by atoms with Crippen molar-refractivity contribution < 1.29 is 26.8 Å². The van der Waals surface area contributed by atoms with Gasteiger partial charge in [-0.15, -0.1) is 0 Å². The quantitative estimate of drug-likeness (QED) is 0.687. The van der Waals surface area contributed by atoms with Gasteiger partial charge in [-0.25, -0.2) is 8.42 Å². The highest BCUT2D eigenvalue weighted by Crippen LogP contribution is 2.65. The summed E-state index contributed by atoms with van der Waals surface area (Å²) in [6.45, 7) is 0. The Balaban J connectivity index is 2.33. The van der Waals surface area contributed by atoms with Gasteiger partial charge in [0.05, 0.1) is 9.93 Å². The van der Waals surface area contributed by atoms with Crippen molar-refractivity contribution in [1.29, 1.82) is 0 Å². The van der Waals surface area contributed by atoms with E-state index in [2.05, 4.69) is 4.72 Å². The van der Waals surface area contributed by atoms with Crippen LogP contribution in [-0.2, 0) is 28.9 Å². The van der Waals surface area contributed by atoms with Crippen molar-refractivity contribution >= 4 is 35.0 Å². The predicted molar refractivity (Wildman–Crippen MR) is 105 cm³/mol. The molecule has 1 aliphatic carbocycles. The number of fused-ring (bicyclic) bond motifs is 1. The van der Waals surface area contributed by atoms with Gasteiger partial charge in [0.15, 0.2) is 5.28 Å². The standard InChI is InChI=1S/C18H17ClNO6PS/c1-25-27(22,26-2)18(20-28(23,24)13-8-4-3-5-9-13)12-16(19)17(21)14-10-6-7-11-15(14)18/h3-12,20H,1-2H3. The molecule has 1 aliphatic rings. The number of hydrogen-bond acceptors (Lipinski definition) is 6. The Morgan fingerprint density at radius 2 is 1.57 bits per heavy atom. The number of carbonyl (C=O) groups excluding carboxylic acids is 1. The molecule has 10 heteroatoms. The zero-order valence-electron chi connectivity index (χ0n) is 15.0. The minimum absolute atomic E-state index is 0.0629. The van der Waals surface area contributed by atoms with Gasteiger partial charge >= 0.3 is 7.60 Å². The van der Waals surface area contributed by atoms with E-state index in [-0.39, 0.29) is 21.1 Å². The second kappa shape index (κ2) is 7.55. The molecular formula is C18H17ClNO6PS. The van der Waals surface area contributed by atoms with E-state index < -0.39 is 28.7 Å². The third-order valence-corrected chi connectivity index (χ3v) is 8.61. The van der Waals surface area contributed by atoms with Crippen molar-refractivity contribution in [3.05, 3.63) is 76.8 Å². The number of rotatable bonds is 6. The fourth-order valence-electron chi connectivity index (χ4n) is 3.06. The maximum absolute atomic E-state index is 13.6. The first kappa shape index (κ1) is 20.9. The summed E-state index contributed by atoms with van der Waals surface area (Å²) in [6, 6.07) is 13.6. The number of hydrogen-bond donors (Lipinski definition) is 1. The first-order chi connectivity index (χ1) is 13.2. The smallest absolute Gasteiger partial charge is 0.310 e. The summed E-state index contributed by atoms with van der Waals surface area (Å²) in [7, 11) is -6.15. The van der Waals surface area contributed by atoms with Gasteiger partial charge in [0.1, 0.15) is 0 Å². The summed E-state index contributed by atoms with van der Waals surface area (Å²) >= 11 is 6.12. The van der Waals surface area contributed by atoms with Crippen LogP contribution in [0.5, 0.6) is 0 Å². The number of sulfonamides is 1. The number of Topliss-reactive ketones (excluding diaryl/α,β-unsaturated/α-hetero) is 1. The fourth-order valence-corrected chi connectivity index (χ4v) is 6.93. The van der Waals surface area contributed by atoms with E-state index in [1.54, 1.807) is 30.3 Å². The molecule has 0 saturated heterocycles. The van der Waals surface area contributed by atoms with Gasteiger partial charge in [-0.05, 0) is 18.2 Å². The summed E-state index contributed by atoms with van der Waals surface area (Å²) in [5.41, 5.74) is 0.219. The second-order valence-corrected chi connectivity index (χ2v) is 10.4. The van der Waals surface area contributed by atoms with Gasteiger partial charge in [0.2, 0.25) is 15.8 Å². The van der Waals surface area contributed by atoms with Crippen molar-refractivity contribution in [1.82, 2.24) is 4.72 Å². The van der Waals surface area contributed by atoms with Crippen LogP contribution in [0.1, 0.15) is 15.9 Å². The Morgan fingerprint density at radius 1 is 1.00 bits per heavy atom. The van der Waals surface area contributed by atoms with Crippen molar-refractivity contribution in [2.75, 3.05) is 14.2 Å². The van der Waals surface area contributed by atoms with E-state index in [9.17, 15) is 17.8 Å². The molecule has 0 radical (unpaired) electrons. The Morgan fingerprint density at radius 3 is 2.18 bits per heavy atom. The number of nitrogens with one attached hydrogen (secondary N) is 1. The predicted octanol–water partition coefficient (Wildman–Crippen LogP) is 3.62. The molecule has 2 aromatic rings. The first-order valence-electron chi connectivity index (χ1n) is 8.04. The number of carbonyl (C=O) groups is 1. The largest absolute Gasteiger partial charge is 0.359 e. The maximum atomic E-state index is 13.6. The van der Waals surface area contributed by atoms with Crippen LogP contribution in [0, 0.1) is 0 Å². The highest BCUT2D eigenvalue weighted by Gasteiger charge is 2.56. The van der Waals surface area contributed by atoms with Gasteiger partial charge in [-0.2, -0.15) is 4.72 Å². The van der Waals surface area contributed by atoms with Crippen LogP contribution < -0.4 is 4.72 Å². The van der Waals surface area contributed by atoms with Crippen molar-refractivity contribution in [2.24, 2.45) is 0 Å². The first-order valence-corrected chi connectivity index (χ1v) is 11.4. The van der Waals surface area contributed by atoms with Gasteiger partial charge in [-0.1, -0.05) is 54.1 Å². The molecular weight excluding hydrogens is 425 g/mol. The van der Waals surface area contributed by atoms with E-state index in [1.807, 2.05) is 0 Å².